The molecule has 0 aromatic heterocycles. The van der Waals surface area contributed by atoms with Crippen LogP contribution in [-0.4, -0.2) is 45.5 Å². The first-order valence-corrected chi connectivity index (χ1v) is 8.77. The number of hydrogen-bond donors (Lipinski definition) is 2. The van der Waals surface area contributed by atoms with Crippen LogP contribution in [0, 0.1) is 0 Å². The van der Waals surface area contributed by atoms with Gasteiger partial charge in [0.2, 0.25) is 35.4 Å². The van der Waals surface area contributed by atoms with Crippen molar-refractivity contribution in [1.29, 1.82) is 0 Å². The van der Waals surface area contributed by atoms with Gasteiger partial charge in [-0.15, -0.1) is 0 Å². The van der Waals surface area contributed by atoms with Gasteiger partial charge in [-0.25, -0.2) is 0 Å². The van der Waals surface area contributed by atoms with Crippen molar-refractivity contribution in [2.75, 3.05) is 0 Å². The Morgan fingerprint density at radius 1 is 0.556 bits per heavy atom. The quantitative estimate of drug-likeness (QED) is 0.464. The van der Waals surface area contributed by atoms with E-state index >= 15 is 0 Å². The highest BCUT2D eigenvalue weighted by Crippen LogP contribution is 2.09. The predicted molar refractivity (Wildman–Crippen MR) is 95.0 cm³/mol. The number of imide groups is 2. The minimum absolute atomic E-state index is 0.124. The third kappa shape index (κ3) is 10.7. The van der Waals surface area contributed by atoms with Crippen LogP contribution in [0.15, 0.2) is 0 Å². The van der Waals surface area contributed by atoms with Crippen LogP contribution < -0.4 is 10.9 Å². The maximum atomic E-state index is 11.9. The number of unbranched alkanes of at least 4 members (excludes halogenated alkanes) is 4. The molecule has 0 unspecified atom stereocenters. The van der Waals surface area contributed by atoms with E-state index in [1.165, 1.54) is 27.7 Å². The van der Waals surface area contributed by atoms with Crippen molar-refractivity contribution in [3.05, 3.63) is 0 Å². The van der Waals surface area contributed by atoms with Crippen LogP contribution in [0.25, 0.3) is 0 Å². The molecule has 0 saturated carbocycles. The zero-order valence-electron chi connectivity index (χ0n) is 16.3. The van der Waals surface area contributed by atoms with Gasteiger partial charge in [-0.05, 0) is 12.8 Å². The minimum atomic E-state index is -0.553. The SMILES string of the molecule is CC(=O)NN(C(C)=O)C(=O)CCCCCCCC(=O)N(NC(C)=O)C(C)=O. The third-order valence-electron chi connectivity index (χ3n) is 3.45. The predicted octanol–water partition coefficient (Wildman–Crippen LogP) is 0.569. The minimum Gasteiger partial charge on any atom is -0.274 e. The first-order valence-electron chi connectivity index (χ1n) is 8.77. The molecular formula is C17H28N4O6. The largest absolute Gasteiger partial charge is 0.274 e. The third-order valence-corrected chi connectivity index (χ3v) is 3.45. The van der Waals surface area contributed by atoms with Crippen molar-refractivity contribution in [2.24, 2.45) is 0 Å². The van der Waals surface area contributed by atoms with E-state index in [1.807, 2.05) is 0 Å². The molecule has 0 atom stereocenters. The molecule has 0 fully saturated rings. The van der Waals surface area contributed by atoms with Crippen molar-refractivity contribution in [3.8, 4) is 0 Å². The highest BCUT2D eigenvalue weighted by molar-refractivity contribution is 5.96. The van der Waals surface area contributed by atoms with Gasteiger partial charge in [0.15, 0.2) is 0 Å². The Morgan fingerprint density at radius 2 is 0.852 bits per heavy atom. The number of hydrazine groups is 2. The summed E-state index contributed by atoms with van der Waals surface area (Å²) in [6.45, 7) is 4.81. The molecule has 0 spiro atoms. The lowest BCUT2D eigenvalue weighted by Crippen LogP contribution is -2.48. The topological polar surface area (TPSA) is 133 Å². The number of carbonyl (C=O) groups is 6. The van der Waals surface area contributed by atoms with Crippen LogP contribution in [0.5, 0.6) is 0 Å². The standard InChI is InChI=1S/C17H28N4O6/c1-12(22)18-20(14(3)24)16(26)10-8-6-5-7-9-11-17(27)21(15(4)25)19-13(2)23/h5-11H2,1-4H3,(H,18,22)(H,19,23). The Balaban J connectivity index is 4.06. The van der Waals surface area contributed by atoms with Crippen LogP contribution >= 0.6 is 0 Å². The molecule has 0 aromatic carbocycles. The van der Waals surface area contributed by atoms with Crippen molar-refractivity contribution >= 4 is 35.4 Å². The number of carbonyl (C=O) groups excluding carboxylic acids is 6. The maximum Gasteiger partial charge on any atom is 0.248 e. The molecule has 2 N–H and O–H groups in total. The molecule has 0 radical (unpaired) electrons. The second-order valence-corrected chi connectivity index (χ2v) is 6.10. The Morgan fingerprint density at radius 3 is 1.11 bits per heavy atom. The maximum absolute atomic E-state index is 11.9. The van der Waals surface area contributed by atoms with E-state index in [-0.39, 0.29) is 12.8 Å². The second-order valence-electron chi connectivity index (χ2n) is 6.10. The Kier molecular flexibility index (Phi) is 11.3. The molecule has 6 amide bonds. The number of nitrogens with zero attached hydrogens (tertiary/aromatic N) is 2. The molecule has 152 valence electrons. The Bertz CT molecular complexity index is 540. The van der Waals surface area contributed by atoms with Crippen LogP contribution in [0.3, 0.4) is 0 Å². The molecule has 0 aliphatic heterocycles. The summed E-state index contributed by atoms with van der Waals surface area (Å²) < 4.78 is 0. The molecule has 0 aromatic rings. The van der Waals surface area contributed by atoms with Crippen LogP contribution in [0.4, 0.5) is 0 Å². The molecule has 0 aliphatic rings. The highest BCUT2D eigenvalue weighted by atomic mass is 16.2. The summed E-state index contributed by atoms with van der Waals surface area (Å²) in [7, 11) is 0. The van der Waals surface area contributed by atoms with Gasteiger partial charge in [-0.3, -0.25) is 39.6 Å². The molecular weight excluding hydrogens is 356 g/mol. The molecule has 10 nitrogen and oxygen atoms in total. The van der Waals surface area contributed by atoms with Crippen LogP contribution in [0.1, 0.15) is 72.6 Å². The zero-order valence-corrected chi connectivity index (χ0v) is 16.3. The van der Waals surface area contributed by atoms with Gasteiger partial charge in [0.25, 0.3) is 0 Å². The van der Waals surface area contributed by atoms with Gasteiger partial charge in [0.05, 0.1) is 0 Å². The molecule has 0 bridgehead atoms. The van der Waals surface area contributed by atoms with E-state index in [0.29, 0.717) is 35.7 Å². The van der Waals surface area contributed by atoms with Gasteiger partial charge in [-0.1, -0.05) is 19.3 Å². The average Bonchev–Trinajstić information content (AvgIpc) is 2.55. The molecule has 0 heterocycles. The smallest absolute Gasteiger partial charge is 0.248 e. The van der Waals surface area contributed by atoms with E-state index in [4.69, 9.17) is 0 Å². The van der Waals surface area contributed by atoms with E-state index < -0.39 is 35.4 Å². The fourth-order valence-electron chi connectivity index (χ4n) is 2.25. The van der Waals surface area contributed by atoms with Gasteiger partial charge in [0.1, 0.15) is 0 Å². The lowest BCUT2D eigenvalue weighted by molar-refractivity contribution is -0.152. The van der Waals surface area contributed by atoms with Gasteiger partial charge in [0, 0.05) is 40.5 Å². The summed E-state index contributed by atoms with van der Waals surface area (Å²) in [6.07, 6.45) is 3.53. The van der Waals surface area contributed by atoms with Gasteiger partial charge < -0.3 is 0 Å². The van der Waals surface area contributed by atoms with E-state index in [2.05, 4.69) is 10.9 Å². The number of nitrogens with one attached hydrogen (secondary N) is 2. The fraction of sp³-hybridized carbons (Fsp3) is 0.647. The molecule has 27 heavy (non-hydrogen) atoms. The lowest BCUT2D eigenvalue weighted by Gasteiger charge is -2.19. The average molecular weight is 384 g/mol. The van der Waals surface area contributed by atoms with E-state index in [1.54, 1.807) is 0 Å². The van der Waals surface area contributed by atoms with Crippen molar-refractivity contribution < 1.29 is 28.8 Å². The van der Waals surface area contributed by atoms with Crippen molar-refractivity contribution in [2.45, 2.75) is 72.6 Å². The first kappa shape index (κ1) is 24.2. The lowest BCUT2D eigenvalue weighted by atomic mass is 10.1. The molecule has 10 heteroatoms. The Hall–Kier alpha value is -2.78. The van der Waals surface area contributed by atoms with E-state index in [0.717, 1.165) is 6.42 Å². The van der Waals surface area contributed by atoms with E-state index in [9.17, 15) is 28.8 Å². The van der Waals surface area contributed by atoms with Crippen molar-refractivity contribution in [1.82, 2.24) is 20.9 Å². The normalized spacial score (nSPS) is 9.93. The first-order chi connectivity index (χ1) is 12.6. The molecule has 0 aliphatic carbocycles. The highest BCUT2D eigenvalue weighted by Gasteiger charge is 2.19. The summed E-state index contributed by atoms with van der Waals surface area (Å²) in [6, 6.07) is 0. The number of hydrogen-bond acceptors (Lipinski definition) is 6. The van der Waals surface area contributed by atoms with Gasteiger partial charge in [-0.2, -0.15) is 10.0 Å². The number of amides is 6. The molecule has 0 saturated heterocycles. The number of rotatable bonds is 8. The summed E-state index contributed by atoms with van der Waals surface area (Å²) in [5.41, 5.74) is 4.36. The summed E-state index contributed by atoms with van der Waals surface area (Å²) >= 11 is 0. The fourth-order valence-corrected chi connectivity index (χ4v) is 2.25. The molecule has 0 rings (SSSR count). The van der Waals surface area contributed by atoms with Crippen molar-refractivity contribution in [3.63, 3.8) is 0 Å². The second kappa shape index (κ2) is 12.6. The summed E-state index contributed by atoms with van der Waals surface area (Å²) in [4.78, 5) is 68.4. The monoisotopic (exact) mass is 384 g/mol. The van der Waals surface area contributed by atoms with Gasteiger partial charge >= 0.3 is 0 Å². The van der Waals surface area contributed by atoms with Crippen LogP contribution in [0.2, 0.25) is 0 Å². The zero-order chi connectivity index (χ0) is 21.0. The summed E-state index contributed by atoms with van der Waals surface area (Å²) in [5, 5.41) is 1.42. The Labute approximate surface area is 158 Å². The summed E-state index contributed by atoms with van der Waals surface area (Å²) in [5.74, 6) is -3.05. The van der Waals surface area contributed by atoms with Crippen LogP contribution in [-0.2, 0) is 28.8 Å².